The first kappa shape index (κ1) is 14.3. The third-order valence-corrected chi connectivity index (χ3v) is 3.15. The predicted molar refractivity (Wildman–Crippen MR) is 82.0 cm³/mol. The fourth-order valence-electron chi connectivity index (χ4n) is 1.56. The van der Waals surface area contributed by atoms with Crippen LogP contribution in [0.5, 0.6) is 5.75 Å². The van der Waals surface area contributed by atoms with E-state index in [1.807, 2.05) is 29.6 Å². The van der Waals surface area contributed by atoms with Crippen LogP contribution in [-0.2, 0) is 4.79 Å². The number of rotatable bonds is 6. The monoisotopic (exact) mass is 288 g/mol. The number of amides is 1. The molecule has 1 N–H and O–H groups in total. The van der Waals surface area contributed by atoms with Crippen LogP contribution in [-0.4, -0.2) is 17.5 Å². The van der Waals surface area contributed by atoms with E-state index < -0.39 is 0 Å². The molecule has 0 saturated carbocycles. The van der Waals surface area contributed by atoms with Gasteiger partial charge in [0.25, 0.3) is 0 Å². The molecule has 0 aliphatic carbocycles. The van der Waals surface area contributed by atoms with E-state index in [0.29, 0.717) is 11.7 Å². The first-order valence-corrected chi connectivity index (χ1v) is 7.28. The number of carbonyl (C=O) groups is 1. The highest BCUT2D eigenvalue weighted by Gasteiger charge is 2.02. The summed E-state index contributed by atoms with van der Waals surface area (Å²) in [6.45, 7) is 2.72. The van der Waals surface area contributed by atoms with Gasteiger partial charge in [-0.2, -0.15) is 0 Å². The Balaban J connectivity index is 2.01. The van der Waals surface area contributed by atoms with Crippen molar-refractivity contribution in [2.45, 2.75) is 13.3 Å². The number of hydrogen-bond acceptors (Lipinski definition) is 4. The van der Waals surface area contributed by atoms with E-state index in [0.717, 1.165) is 17.7 Å². The van der Waals surface area contributed by atoms with Gasteiger partial charge in [-0.1, -0.05) is 25.1 Å². The summed E-state index contributed by atoms with van der Waals surface area (Å²) in [5.41, 5.74) is 0.884. The summed E-state index contributed by atoms with van der Waals surface area (Å²) in [7, 11) is 0. The number of ether oxygens (including phenoxy) is 1. The van der Waals surface area contributed by atoms with Gasteiger partial charge in [-0.05, 0) is 18.6 Å². The Morgan fingerprint density at radius 3 is 3.05 bits per heavy atom. The van der Waals surface area contributed by atoms with E-state index in [2.05, 4.69) is 17.2 Å². The van der Waals surface area contributed by atoms with E-state index in [9.17, 15) is 4.79 Å². The molecule has 0 bridgehead atoms. The second-order valence-corrected chi connectivity index (χ2v) is 4.94. The minimum absolute atomic E-state index is 0.203. The zero-order valence-corrected chi connectivity index (χ0v) is 12.0. The van der Waals surface area contributed by atoms with Gasteiger partial charge in [0.15, 0.2) is 5.13 Å². The van der Waals surface area contributed by atoms with Crippen LogP contribution in [0.3, 0.4) is 0 Å². The van der Waals surface area contributed by atoms with E-state index in [1.165, 1.54) is 17.4 Å². The summed E-state index contributed by atoms with van der Waals surface area (Å²) in [6.07, 6.45) is 5.82. The average molecular weight is 288 g/mol. The highest BCUT2D eigenvalue weighted by molar-refractivity contribution is 7.13. The van der Waals surface area contributed by atoms with Gasteiger partial charge >= 0.3 is 0 Å². The molecule has 0 atom stereocenters. The lowest BCUT2D eigenvalue weighted by molar-refractivity contribution is -0.111. The average Bonchev–Trinajstić information content (AvgIpc) is 2.96. The molecule has 1 amide bonds. The zero-order valence-electron chi connectivity index (χ0n) is 11.2. The lowest BCUT2D eigenvalue weighted by atomic mass is 10.2. The van der Waals surface area contributed by atoms with Gasteiger partial charge in [0.05, 0.1) is 6.61 Å². The minimum Gasteiger partial charge on any atom is -0.493 e. The molecule has 0 aliphatic rings. The number of nitrogens with one attached hydrogen (secondary N) is 1. The molecule has 20 heavy (non-hydrogen) atoms. The number of benzene rings is 1. The van der Waals surface area contributed by atoms with Crippen LogP contribution >= 0.6 is 11.3 Å². The van der Waals surface area contributed by atoms with Crippen molar-refractivity contribution in [3.8, 4) is 5.75 Å². The number of para-hydroxylation sites is 1. The van der Waals surface area contributed by atoms with Gasteiger partial charge in [0, 0.05) is 23.2 Å². The van der Waals surface area contributed by atoms with Crippen LogP contribution in [0.25, 0.3) is 6.08 Å². The van der Waals surface area contributed by atoms with E-state index in [1.54, 1.807) is 12.3 Å². The van der Waals surface area contributed by atoms with Crippen LogP contribution in [0.1, 0.15) is 18.9 Å². The van der Waals surface area contributed by atoms with Crippen molar-refractivity contribution in [2.75, 3.05) is 11.9 Å². The fraction of sp³-hybridized carbons (Fsp3) is 0.200. The van der Waals surface area contributed by atoms with Gasteiger partial charge in [0.2, 0.25) is 5.91 Å². The molecule has 1 heterocycles. The van der Waals surface area contributed by atoms with Crippen molar-refractivity contribution in [1.82, 2.24) is 4.98 Å². The van der Waals surface area contributed by atoms with Gasteiger partial charge < -0.3 is 4.74 Å². The maximum Gasteiger partial charge on any atom is 0.250 e. The molecule has 0 fully saturated rings. The molecule has 2 rings (SSSR count). The molecule has 5 heteroatoms. The zero-order chi connectivity index (χ0) is 14.2. The molecule has 0 unspecified atom stereocenters. The Kier molecular flexibility index (Phi) is 5.32. The Labute approximate surface area is 122 Å². The third kappa shape index (κ3) is 4.20. The van der Waals surface area contributed by atoms with Crippen LogP contribution in [0.2, 0.25) is 0 Å². The van der Waals surface area contributed by atoms with Gasteiger partial charge in [-0.3, -0.25) is 10.1 Å². The van der Waals surface area contributed by atoms with Crippen LogP contribution in [0.4, 0.5) is 5.13 Å². The maximum absolute atomic E-state index is 11.7. The SMILES string of the molecule is CCCOc1ccccc1/C=C/C(=O)Nc1nccs1. The number of aromatic nitrogens is 1. The normalized spacial score (nSPS) is 10.7. The van der Waals surface area contributed by atoms with Crippen molar-refractivity contribution >= 4 is 28.5 Å². The number of thiazole rings is 1. The summed E-state index contributed by atoms with van der Waals surface area (Å²) in [5.74, 6) is 0.581. The summed E-state index contributed by atoms with van der Waals surface area (Å²) >= 11 is 1.39. The summed E-state index contributed by atoms with van der Waals surface area (Å²) in [6, 6.07) is 7.64. The van der Waals surface area contributed by atoms with Crippen LogP contribution < -0.4 is 10.1 Å². The quantitative estimate of drug-likeness (QED) is 0.826. The van der Waals surface area contributed by atoms with Crippen molar-refractivity contribution < 1.29 is 9.53 Å². The molecule has 104 valence electrons. The molecule has 0 spiro atoms. The van der Waals surface area contributed by atoms with Gasteiger partial charge in [-0.15, -0.1) is 11.3 Å². The Bertz CT molecular complexity index is 579. The fourth-order valence-corrected chi connectivity index (χ4v) is 2.09. The standard InChI is InChI=1S/C15H16N2O2S/c1-2-10-19-13-6-4-3-5-12(13)7-8-14(18)17-15-16-9-11-20-15/h3-9,11H,2,10H2,1H3,(H,16,17,18)/b8-7+. The van der Waals surface area contributed by atoms with Crippen molar-refractivity contribution in [3.05, 3.63) is 47.5 Å². The molecular formula is C15H16N2O2S. The van der Waals surface area contributed by atoms with Crippen LogP contribution in [0.15, 0.2) is 41.9 Å². The minimum atomic E-state index is -0.203. The van der Waals surface area contributed by atoms with Gasteiger partial charge in [0.1, 0.15) is 5.75 Å². The topological polar surface area (TPSA) is 51.2 Å². The van der Waals surface area contributed by atoms with Crippen molar-refractivity contribution in [2.24, 2.45) is 0 Å². The summed E-state index contributed by atoms with van der Waals surface area (Å²) in [4.78, 5) is 15.7. The molecule has 0 radical (unpaired) electrons. The van der Waals surface area contributed by atoms with Gasteiger partial charge in [-0.25, -0.2) is 4.98 Å². The maximum atomic E-state index is 11.7. The molecule has 0 aliphatic heterocycles. The second-order valence-electron chi connectivity index (χ2n) is 4.05. The molecule has 0 saturated heterocycles. The van der Waals surface area contributed by atoms with Crippen LogP contribution in [0, 0.1) is 0 Å². The highest BCUT2D eigenvalue weighted by Crippen LogP contribution is 2.19. The summed E-state index contributed by atoms with van der Waals surface area (Å²) in [5, 5.41) is 5.10. The molecule has 4 nitrogen and oxygen atoms in total. The Morgan fingerprint density at radius 2 is 2.30 bits per heavy atom. The first-order valence-electron chi connectivity index (χ1n) is 6.40. The largest absolute Gasteiger partial charge is 0.493 e. The smallest absolute Gasteiger partial charge is 0.250 e. The number of anilines is 1. The Hall–Kier alpha value is -2.14. The lowest BCUT2D eigenvalue weighted by Gasteiger charge is -2.07. The molecule has 2 aromatic rings. The third-order valence-electron chi connectivity index (χ3n) is 2.46. The molecule has 1 aromatic heterocycles. The van der Waals surface area contributed by atoms with E-state index >= 15 is 0 Å². The van der Waals surface area contributed by atoms with Crippen molar-refractivity contribution in [1.29, 1.82) is 0 Å². The Morgan fingerprint density at radius 1 is 1.45 bits per heavy atom. The summed E-state index contributed by atoms with van der Waals surface area (Å²) < 4.78 is 5.63. The van der Waals surface area contributed by atoms with E-state index in [4.69, 9.17) is 4.74 Å². The molecular weight excluding hydrogens is 272 g/mol. The number of hydrogen-bond donors (Lipinski definition) is 1. The molecule has 1 aromatic carbocycles. The first-order chi connectivity index (χ1) is 9.79. The predicted octanol–water partition coefficient (Wildman–Crippen LogP) is 3.58. The van der Waals surface area contributed by atoms with Crippen molar-refractivity contribution in [3.63, 3.8) is 0 Å². The second kappa shape index (κ2) is 7.45. The number of nitrogens with zero attached hydrogens (tertiary/aromatic N) is 1. The number of carbonyl (C=O) groups excluding carboxylic acids is 1. The highest BCUT2D eigenvalue weighted by atomic mass is 32.1. The van der Waals surface area contributed by atoms with E-state index in [-0.39, 0.29) is 5.91 Å². The lowest BCUT2D eigenvalue weighted by Crippen LogP contribution is -2.07.